The maximum Gasteiger partial charge on any atom is 0.258 e. The van der Waals surface area contributed by atoms with Crippen LogP contribution in [0.4, 0.5) is 0 Å². The lowest BCUT2D eigenvalue weighted by atomic mass is 10.2. The molecule has 28 heavy (non-hydrogen) atoms. The smallest absolute Gasteiger partial charge is 0.258 e. The number of nitrogens with zero attached hydrogens (tertiary/aromatic N) is 2. The molecule has 1 heterocycles. The Morgan fingerprint density at radius 3 is 2.57 bits per heavy atom. The van der Waals surface area contributed by atoms with E-state index >= 15 is 0 Å². The maximum atomic E-state index is 12.7. The summed E-state index contributed by atoms with van der Waals surface area (Å²) in [5.41, 5.74) is 0.446. The molecule has 1 aromatic heterocycles. The van der Waals surface area contributed by atoms with Gasteiger partial charge in [0.15, 0.2) is 0 Å². The van der Waals surface area contributed by atoms with E-state index in [2.05, 4.69) is 9.97 Å². The van der Waals surface area contributed by atoms with Crippen LogP contribution in [0.1, 0.15) is 32.5 Å². The van der Waals surface area contributed by atoms with Gasteiger partial charge in [-0.2, -0.15) is 0 Å². The van der Waals surface area contributed by atoms with Crippen LogP contribution >= 0.6 is 0 Å². The molecular formula is C22H25N3O3. The standard InChI is InChI=1S/C22H25N3O3/c1-16(2)25(21(26)13-8-14-28-17-9-4-3-5-10-17)15-20-23-19-12-7-6-11-18(19)22(27)24-20/h3-7,9-12,16H,8,13-15H2,1-2H3,(H,23,24,27). The molecule has 3 rings (SSSR count). The van der Waals surface area contributed by atoms with E-state index in [1.165, 1.54) is 0 Å². The van der Waals surface area contributed by atoms with Crippen LogP contribution < -0.4 is 10.3 Å². The Balaban J connectivity index is 1.61. The van der Waals surface area contributed by atoms with E-state index in [1.54, 1.807) is 23.1 Å². The molecule has 1 amide bonds. The lowest BCUT2D eigenvalue weighted by molar-refractivity contribution is -0.133. The average Bonchev–Trinajstić information content (AvgIpc) is 2.70. The van der Waals surface area contributed by atoms with E-state index in [0.29, 0.717) is 36.2 Å². The van der Waals surface area contributed by atoms with Gasteiger partial charge >= 0.3 is 0 Å². The number of benzene rings is 2. The predicted molar refractivity (Wildman–Crippen MR) is 109 cm³/mol. The van der Waals surface area contributed by atoms with Crippen molar-refractivity contribution in [2.24, 2.45) is 0 Å². The topological polar surface area (TPSA) is 75.3 Å². The zero-order valence-corrected chi connectivity index (χ0v) is 16.2. The van der Waals surface area contributed by atoms with Gasteiger partial charge in [-0.25, -0.2) is 4.98 Å². The molecule has 3 aromatic rings. The Morgan fingerprint density at radius 2 is 1.82 bits per heavy atom. The number of carbonyl (C=O) groups is 1. The molecule has 0 atom stereocenters. The van der Waals surface area contributed by atoms with Crippen LogP contribution in [0, 0.1) is 0 Å². The summed E-state index contributed by atoms with van der Waals surface area (Å²) in [6.45, 7) is 4.66. The fourth-order valence-electron chi connectivity index (χ4n) is 3.00. The minimum atomic E-state index is -0.187. The molecule has 0 radical (unpaired) electrons. The van der Waals surface area contributed by atoms with Gasteiger partial charge in [0.25, 0.3) is 5.56 Å². The first-order chi connectivity index (χ1) is 13.5. The summed E-state index contributed by atoms with van der Waals surface area (Å²) in [6.07, 6.45) is 1.00. The highest BCUT2D eigenvalue weighted by Gasteiger charge is 2.18. The van der Waals surface area contributed by atoms with E-state index in [1.807, 2.05) is 50.2 Å². The third kappa shape index (κ3) is 4.97. The second-order valence-corrected chi connectivity index (χ2v) is 6.91. The van der Waals surface area contributed by atoms with Crippen molar-refractivity contribution in [1.29, 1.82) is 0 Å². The highest BCUT2D eigenvalue weighted by Crippen LogP contribution is 2.12. The molecule has 6 heteroatoms. The Bertz CT molecular complexity index is 983. The van der Waals surface area contributed by atoms with Gasteiger partial charge in [-0.3, -0.25) is 9.59 Å². The SMILES string of the molecule is CC(C)N(Cc1nc2ccccc2c(=O)[nH]1)C(=O)CCCOc1ccccc1. The summed E-state index contributed by atoms with van der Waals surface area (Å²) in [5.74, 6) is 1.31. The van der Waals surface area contributed by atoms with Gasteiger partial charge in [0, 0.05) is 12.5 Å². The highest BCUT2D eigenvalue weighted by atomic mass is 16.5. The van der Waals surface area contributed by atoms with Gasteiger partial charge < -0.3 is 14.6 Å². The van der Waals surface area contributed by atoms with Crippen molar-refractivity contribution in [3.8, 4) is 5.75 Å². The van der Waals surface area contributed by atoms with Gasteiger partial charge in [0.2, 0.25) is 5.91 Å². The molecule has 1 N–H and O–H groups in total. The number of carbonyl (C=O) groups excluding carboxylic acids is 1. The Labute approximate surface area is 164 Å². The zero-order chi connectivity index (χ0) is 19.9. The van der Waals surface area contributed by atoms with Crippen LogP contribution in [0.3, 0.4) is 0 Å². The normalized spacial score (nSPS) is 11.0. The van der Waals surface area contributed by atoms with E-state index in [4.69, 9.17) is 4.74 Å². The Hall–Kier alpha value is -3.15. The number of hydrogen-bond acceptors (Lipinski definition) is 4. The number of aromatic amines is 1. The molecule has 6 nitrogen and oxygen atoms in total. The second kappa shape index (κ2) is 9.17. The number of para-hydroxylation sites is 2. The lowest BCUT2D eigenvalue weighted by Gasteiger charge is -2.26. The van der Waals surface area contributed by atoms with Crippen LogP contribution in [-0.2, 0) is 11.3 Å². The number of aromatic nitrogens is 2. The first kappa shape index (κ1) is 19.6. The molecule has 0 aliphatic rings. The molecule has 0 bridgehead atoms. The van der Waals surface area contributed by atoms with Gasteiger partial charge in [0.1, 0.15) is 11.6 Å². The zero-order valence-electron chi connectivity index (χ0n) is 16.2. The summed E-state index contributed by atoms with van der Waals surface area (Å²) in [6, 6.07) is 16.7. The van der Waals surface area contributed by atoms with Crippen molar-refractivity contribution in [3.05, 3.63) is 70.8 Å². The third-order valence-corrected chi connectivity index (χ3v) is 4.47. The van der Waals surface area contributed by atoms with Crippen molar-refractivity contribution < 1.29 is 9.53 Å². The summed E-state index contributed by atoms with van der Waals surface area (Å²) in [5, 5.41) is 0.548. The summed E-state index contributed by atoms with van der Waals surface area (Å²) in [4.78, 5) is 34.0. The molecule has 0 aliphatic carbocycles. The number of H-pyrrole nitrogens is 1. The van der Waals surface area contributed by atoms with Crippen LogP contribution in [-0.4, -0.2) is 33.4 Å². The van der Waals surface area contributed by atoms with Crippen molar-refractivity contribution in [2.75, 3.05) is 6.61 Å². The number of amides is 1. The maximum absolute atomic E-state index is 12.7. The first-order valence-electron chi connectivity index (χ1n) is 9.50. The van der Waals surface area contributed by atoms with Crippen molar-refractivity contribution in [2.45, 2.75) is 39.3 Å². The minimum Gasteiger partial charge on any atom is -0.494 e. The lowest BCUT2D eigenvalue weighted by Crippen LogP contribution is -2.37. The van der Waals surface area contributed by atoms with E-state index in [9.17, 15) is 9.59 Å². The molecule has 0 fully saturated rings. The first-order valence-corrected chi connectivity index (χ1v) is 9.50. The molecule has 0 unspecified atom stereocenters. The van der Waals surface area contributed by atoms with E-state index < -0.39 is 0 Å². The van der Waals surface area contributed by atoms with Crippen molar-refractivity contribution >= 4 is 16.8 Å². The summed E-state index contributed by atoms with van der Waals surface area (Å²) in [7, 11) is 0. The van der Waals surface area contributed by atoms with Crippen LogP contribution in [0.2, 0.25) is 0 Å². The molecule has 2 aromatic carbocycles. The molecule has 0 spiro atoms. The largest absolute Gasteiger partial charge is 0.494 e. The highest BCUT2D eigenvalue weighted by molar-refractivity contribution is 5.78. The van der Waals surface area contributed by atoms with Gasteiger partial charge in [-0.05, 0) is 44.5 Å². The number of rotatable bonds is 8. The fraction of sp³-hybridized carbons (Fsp3) is 0.318. The molecule has 146 valence electrons. The molecule has 0 saturated carbocycles. The second-order valence-electron chi connectivity index (χ2n) is 6.91. The number of hydrogen-bond donors (Lipinski definition) is 1. The van der Waals surface area contributed by atoms with E-state index in [0.717, 1.165) is 5.75 Å². The summed E-state index contributed by atoms with van der Waals surface area (Å²) < 4.78 is 5.65. The quantitative estimate of drug-likeness (QED) is 0.608. The average molecular weight is 379 g/mol. The van der Waals surface area contributed by atoms with Crippen molar-refractivity contribution in [3.63, 3.8) is 0 Å². The van der Waals surface area contributed by atoms with Gasteiger partial charge in [-0.1, -0.05) is 30.3 Å². The Morgan fingerprint density at radius 1 is 1.11 bits per heavy atom. The third-order valence-electron chi connectivity index (χ3n) is 4.47. The fourth-order valence-corrected chi connectivity index (χ4v) is 3.00. The van der Waals surface area contributed by atoms with Crippen LogP contribution in [0.25, 0.3) is 10.9 Å². The van der Waals surface area contributed by atoms with Crippen LogP contribution in [0.15, 0.2) is 59.4 Å². The monoisotopic (exact) mass is 379 g/mol. The molecular weight excluding hydrogens is 354 g/mol. The van der Waals surface area contributed by atoms with Crippen LogP contribution in [0.5, 0.6) is 5.75 Å². The van der Waals surface area contributed by atoms with Gasteiger partial charge in [-0.15, -0.1) is 0 Å². The Kier molecular flexibility index (Phi) is 6.42. The molecule has 0 saturated heterocycles. The van der Waals surface area contributed by atoms with E-state index in [-0.39, 0.29) is 24.1 Å². The number of ether oxygens (including phenoxy) is 1. The number of fused-ring (bicyclic) bond motifs is 1. The van der Waals surface area contributed by atoms with Crippen molar-refractivity contribution in [1.82, 2.24) is 14.9 Å². The number of nitrogens with one attached hydrogen (secondary N) is 1. The van der Waals surface area contributed by atoms with Gasteiger partial charge in [0.05, 0.1) is 24.1 Å². The minimum absolute atomic E-state index is 0.000635. The summed E-state index contributed by atoms with van der Waals surface area (Å²) >= 11 is 0. The molecule has 0 aliphatic heterocycles. The predicted octanol–water partition coefficient (Wildman–Crippen LogP) is 3.52.